The summed E-state index contributed by atoms with van der Waals surface area (Å²) in [4.78, 5) is 2.45. The molecule has 0 N–H and O–H groups in total. The summed E-state index contributed by atoms with van der Waals surface area (Å²) in [5.41, 5.74) is 0.634. The fourth-order valence-electron chi connectivity index (χ4n) is 1.70. The molecule has 1 aliphatic heterocycles. The third kappa shape index (κ3) is 1.11. The van der Waals surface area contributed by atoms with E-state index in [1.807, 2.05) is 0 Å². The van der Waals surface area contributed by atoms with E-state index in [-0.39, 0.29) is 0 Å². The van der Waals surface area contributed by atoms with Crippen LogP contribution in [0, 0.1) is 0 Å². The van der Waals surface area contributed by atoms with Gasteiger partial charge in [-0.1, -0.05) is 20.3 Å². The summed E-state index contributed by atoms with van der Waals surface area (Å²) in [5.74, 6) is 0. The minimum Gasteiger partial charge on any atom is -0.298 e. The Morgan fingerprint density at radius 2 is 2.00 bits per heavy atom. The monoisotopic (exact) mass is 127 g/mol. The van der Waals surface area contributed by atoms with Gasteiger partial charge in [0.2, 0.25) is 0 Å². The van der Waals surface area contributed by atoms with Gasteiger partial charge in [0, 0.05) is 12.1 Å². The molecule has 1 heterocycles. The third-order valence-electron chi connectivity index (χ3n) is 2.61. The lowest BCUT2D eigenvalue weighted by Gasteiger charge is -2.10. The van der Waals surface area contributed by atoms with Crippen molar-refractivity contribution in [1.82, 2.24) is 4.90 Å². The van der Waals surface area contributed by atoms with Gasteiger partial charge in [0.15, 0.2) is 0 Å². The van der Waals surface area contributed by atoms with Gasteiger partial charge in [0.1, 0.15) is 0 Å². The quantitative estimate of drug-likeness (QED) is 0.523. The van der Waals surface area contributed by atoms with Crippen molar-refractivity contribution in [3.8, 4) is 0 Å². The topological polar surface area (TPSA) is 3.01 Å². The van der Waals surface area contributed by atoms with Crippen LogP contribution in [0.3, 0.4) is 0 Å². The minimum atomic E-state index is 0.634. The number of rotatable bonds is 3. The van der Waals surface area contributed by atoms with Crippen molar-refractivity contribution in [1.29, 1.82) is 0 Å². The van der Waals surface area contributed by atoms with Crippen LogP contribution in [-0.2, 0) is 0 Å². The highest BCUT2D eigenvalue weighted by molar-refractivity contribution is 5.03. The lowest BCUT2D eigenvalue weighted by atomic mass is 10.0. The first kappa shape index (κ1) is 7.07. The van der Waals surface area contributed by atoms with Crippen molar-refractivity contribution in [3.63, 3.8) is 0 Å². The average Bonchev–Trinajstić information content (AvgIpc) is 2.45. The lowest BCUT2D eigenvalue weighted by molar-refractivity contribution is 0.419. The van der Waals surface area contributed by atoms with Crippen LogP contribution < -0.4 is 0 Å². The van der Waals surface area contributed by atoms with Crippen molar-refractivity contribution in [2.45, 2.75) is 38.6 Å². The molecule has 0 amide bonds. The number of hydrogen-bond donors (Lipinski definition) is 0. The van der Waals surface area contributed by atoms with Gasteiger partial charge >= 0.3 is 0 Å². The molecule has 1 rings (SSSR count). The van der Waals surface area contributed by atoms with Crippen molar-refractivity contribution in [2.75, 3.05) is 13.6 Å². The van der Waals surface area contributed by atoms with Crippen LogP contribution >= 0.6 is 0 Å². The van der Waals surface area contributed by atoms with Gasteiger partial charge in [-0.3, -0.25) is 4.90 Å². The van der Waals surface area contributed by atoms with Crippen molar-refractivity contribution in [3.05, 3.63) is 0 Å². The Labute approximate surface area is 58.0 Å². The fraction of sp³-hybridized carbons (Fsp3) is 1.00. The normalized spacial score (nSPS) is 41.0. The summed E-state index contributed by atoms with van der Waals surface area (Å²) in [6, 6.07) is 0. The molecule has 9 heavy (non-hydrogen) atoms. The van der Waals surface area contributed by atoms with E-state index >= 15 is 0 Å². The first-order valence-electron chi connectivity index (χ1n) is 3.96. The average molecular weight is 127 g/mol. The van der Waals surface area contributed by atoms with Crippen LogP contribution in [0.5, 0.6) is 0 Å². The summed E-state index contributed by atoms with van der Waals surface area (Å²) in [6.07, 6.45) is 4.05. The van der Waals surface area contributed by atoms with Gasteiger partial charge in [0.25, 0.3) is 0 Å². The molecular formula is C8H17N. The maximum absolute atomic E-state index is 2.45. The van der Waals surface area contributed by atoms with E-state index in [2.05, 4.69) is 25.8 Å². The van der Waals surface area contributed by atoms with Crippen LogP contribution in [0.1, 0.15) is 33.1 Å². The lowest BCUT2D eigenvalue weighted by Crippen LogP contribution is -2.14. The summed E-state index contributed by atoms with van der Waals surface area (Å²) in [7, 11) is 2.22. The predicted molar refractivity (Wildman–Crippen MR) is 40.6 cm³/mol. The summed E-state index contributed by atoms with van der Waals surface area (Å²) < 4.78 is 0. The zero-order valence-corrected chi connectivity index (χ0v) is 6.78. The molecule has 0 aromatic rings. The van der Waals surface area contributed by atoms with E-state index in [1.54, 1.807) is 0 Å². The van der Waals surface area contributed by atoms with E-state index in [9.17, 15) is 0 Å². The van der Waals surface area contributed by atoms with Crippen molar-refractivity contribution >= 4 is 0 Å². The Balaban J connectivity index is 2.33. The molecule has 0 aromatic carbocycles. The van der Waals surface area contributed by atoms with Gasteiger partial charge in [-0.2, -0.15) is 0 Å². The van der Waals surface area contributed by atoms with Gasteiger partial charge in [-0.15, -0.1) is 0 Å². The van der Waals surface area contributed by atoms with Crippen molar-refractivity contribution in [2.24, 2.45) is 0 Å². The largest absolute Gasteiger partial charge is 0.298 e. The standard InChI is InChI=1S/C8H17N/c1-4-6-8(5-2)7-9(8)3/h4-7H2,1-3H3. The summed E-state index contributed by atoms with van der Waals surface area (Å²) >= 11 is 0. The van der Waals surface area contributed by atoms with Gasteiger partial charge < -0.3 is 0 Å². The minimum absolute atomic E-state index is 0.634. The molecule has 0 spiro atoms. The Morgan fingerprint density at radius 3 is 2.11 bits per heavy atom. The Bertz CT molecular complexity index is 96.7. The van der Waals surface area contributed by atoms with Crippen LogP contribution in [-0.4, -0.2) is 24.0 Å². The second-order valence-electron chi connectivity index (χ2n) is 3.18. The van der Waals surface area contributed by atoms with Crippen LogP contribution in [0.2, 0.25) is 0 Å². The Kier molecular flexibility index (Phi) is 1.80. The van der Waals surface area contributed by atoms with E-state index in [0.29, 0.717) is 5.54 Å². The second kappa shape index (κ2) is 2.30. The smallest absolute Gasteiger partial charge is 0.0331 e. The van der Waals surface area contributed by atoms with Crippen molar-refractivity contribution < 1.29 is 0 Å². The zero-order valence-electron chi connectivity index (χ0n) is 6.78. The maximum Gasteiger partial charge on any atom is 0.0331 e. The molecule has 54 valence electrons. The summed E-state index contributed by atoms with van der Waals surface area (Å²) in [5, 5.41) is 0. The van der Waals surface area contributed by atoms with E-state index in [1.165, 1.54) is 25.8 Å². The molecule has 1 aliphatic rings. The van der Waals surface area contributed by atoms with Gasteiger partial charge in [-0.05, 0) is 19.9 Å². The molecule has 2 atom stereocenters. The first-order valence-corrected chi connectivity index (χ1v) is 3.96. The Morgan fingerprint density at radius 1 is 1.44 bits per heavy atom. The van der Waals surface area contributed by atoms with Crippen LogP contribution in [0.15, 0.2) is 0 Å². The molecule has 0 aliphatic carbocycles. The number of hydrogen-bond acceptors (Lipinski definition) is 1. The van der Waals surface area contributed by atoms with E-state index in [4.69, 9.17) is 0 Å². The summed E-state index contributed by atoms with van der Waals surface area (Å²) in [6.45, 7) is 5.89. The highest BCUT2D eigenvalue weighted by atomic mass is 15.3. The molecule has 0 saturated carbocycles. The molecule has 1 fully saturated rings. The number of nitrogens with zero attached hydrogens (tertiary/aromatic N) is 1. The molecule has 1 heteroatoms. The van der Waals surface area contributed by atoms with E-state index in [0.717, 1.165) is 0 Å². The van der Waals surface area contributed by atoms with Gasteiger partial charge in [0.05, 0.1) is 0 Å². The molecule has 2 unspecified atom stereocenters. The first-order chi connectivity index (χ1) is 4.25. The fourth-order valence-corrected chi connectivity index (χ4v) is 1.70. The van der Waals surface area contributed by atoms with Gasteiger partial charge in [-0.25, -0.2) is 0 Å². The highest BCUT2D eigenvalue weighted by Gasteiger charge is 2.45. The molecular weight excluding hydrogens is 110 g/mol. The predicted octanol–water partition coefficient (Wildman–Crippen LogP) is 1.88. The van der Waals surface area contributed by atoms with Crippen LogP contribution in [0.4, 0.5) is 0 Å². The maximum atomic E-state index is 2.45. The Hall–Kier alpha value is -0.0400. The molecule has 1 nitrogen and oxygen atoms in total. The zero-order chi connectivity index (χ0) is 6.91. The van der Waals surface area contributed by atoms with Crippen LogP contribution in [0.25, 0.3) is 0 Å². The molecule has 0 aromatic heterocycles. The second-order valence-corrected chi connectivity index (χ2v) is 3.18. The van der Waals surface area contributed by atoms with E-state index < -0.39 is 0 Å². The highest BCUT2D eigenvalue weighted by Crippen LogP contribution is 2.37. The molecule has 0 radical (unpaired) electrons. The molecule has 1 saturated heterocycles. The third-order valence-corrected chi connectivity index (χ3v) is 2.61. The SMILES string of the molecule is CCCC1(CC)CN1C. The molecule has 0 bridgehead atoms. The number of likely N-dealkylation sites (N-methyl/N-ethyl adjacent to an activating group) is 1.